The van der Waals surface area contributed by atoms with E-state index in [1.807, 2.05) is 24.0 Å². The predicted molar refractivity (Wildman–Crippen MR) is 93.9 cm³/mol. The van der Waals surface area contributed by atoms with E-state index in [1.54, 1.807) is 31.6 Å². The fourth-order valence-corrected chi connectivity index (χ4v) is 3.02. The number of likely N-dealkylation sites (tertiary alicyclic amines) is 1. The molecular weight excluding hydrogens is 318 g/mol. The van der Waals surface area contributed by atoms with Crippen molar-refractivity contribution in [1.82, 2.24) is 14.9 Å². The quantitative estimate of drug-likeness (QED) is 0.837. The van der Waals surface area contributed by atoms with Gasteiger partial charge < -0.3 is 14.4 Å². The molecule has 2 aromatic heterocycles. The molecule has 0 spiro atoms. The number of hydrogen-bond acceptors (Lipinski definition) is 5. The third-order valence-electron chi connectivity index (χ3n) is 4.35. The van der Waals surface area contributed by atoms with Gasteiger partial charge in [-0.2, -0.15) is 0 Å². The van der Waals surface area contributed by atoms with Gasteiger partial charge in [-0.05, 0) is 31.9 Å². The highest BCUT2D eigenvalue weighted by molar-refractivity contribution is 5.94. The number of rotatable bonds is 5. The number of amides is 1. The first-order valence-corrected chi connectivity index (χ1v) is 8.50. The first-order valence-electron chi connectivity index (χ1n) is 8.50. The average molecular weight is 341 g/mol. The summed E-state index contributed by atoms with van der Waals surface area (Å²) in [5, 5.41) is 0. The van der Waals surface area contributed by atoms with E-state index in [-0.39, 0.29) is 5.91 Å². The monoisotopic (exact) mass is 341 g/mol. The van der Waals surface area contributed by atoms with Gasteiger partial charge in [0, 0.05) is 49.2 Å². The minimum atomic E-state index is 0.0135. The van der Waals surface area contributed by atoms with Gasteiger partial charge in [0.15, 0.2) is 0 Å². The standard InChI is InChI=1S/C19H23N3O3/c1-14-10-17(7-8-20-14)25-13-15-4-3-9-22(12-15)19(23)16-5-6-18(24-2)21-11-16/h5-8,10-11,15H,3-4,9,12-13H2,1-2H3. The summed E-state index contributed by atoms with van der Waals surface area (Å²) in [4.78, 5) is 22.8. The molecule has 0 aromatic carbocycles. The van der Waals surface area contributed by atoms with E-state index >= 15 is 0 Å². The molecule has 0 radical (unpaired) electrons. The Morgan fingerprint density at radius 2 is 2.20 bits per heavy atom. The molecule has 0 saturated carbocycles. The fourth-order valence-electron chi connectivity index (χ4n) is 3.02. The second-order valence-corrected chi connectivity index (χ2v) is 6.29. The molecule has 0 N–H and O–H groups in total. The molecule has 1 unspecified atom stereocenters. The van der Waals surface area contributed by atoms with E-state index in [0.29, 0.717) is 30.5 Å². The van der Waals surface area contributed by atoms with Crippen molar-refractivity contribution in [3.05, 3.63) is 47.9 Å². The highest BCUT2D eigenvalue weighted by atomic mass is 16.5. The zero-order chi connectivity index (χ0) is 17.6. The van der Waals surface area contributed by atoms with Crippen LogP contribution in [0.4, 0.5) is 0 Å². The third-order valence-corrected chi connectivity index (χ3v) is 4.35. The molecule has 3 heterocycles. The highest BCUT2D eigenvalue weighted by Crippen LogP contribution is 2.21. The smallest absolute Gasteiger partial charge is 0.255 e. The molecule has 1 aliphatic rings. The number of piperidine rings is 1. The molecule has 1 fully saturated rings. The summed E-state index contributed by atoms with van der Waals surface area (Å²) in [6, 6.07) is 7.26. The number of nitrogens with zero attached hydrogens (tertiary/aromatic N) is 3. The predicted octanol–water partition coefficient (Wildman–Crippen LogP) is 2.72. The number of methoxy groups -OCH3 is 1. The van der Waals surface area contributed by atoms with E-state index in [4.69, 9.17) is 9.47 Å². The molecule has 1 aliphatic heterocycles. The van der Waals surface area contributed by atoms with Crippen LogP contribution in [0.3, 0.4) is 0 Å². The van der Waals surface area contributed by atoms with Crippen molar-refractivity contribution in [2.45, 2.75) is 19.8 Å². The Morgan fingerprint density at radius 3 is 2.92 bits per heavy atom. The Labute approximate surface area is 147 Å². The van der Waals surface area contributed by atoms with Gasteiger partial charge in [0.05, 0.1) is 19.3 Å². The van der Waals surface area contributed by atoms with Gasteiger partial charge in [-0.3, -0.25) is 9.78 Å². The lowest BCUT2D eigenvalue weighted by atomic mass is 9.98. The molecule has 6 nitrogen and oxygen atoms in total. The Hall–Kier alpha value is -2.63. The molecule has 132 valence electrons. The van der Waals surface area contributed by atoms with Gasteiger partial charge >= 0.3 is 0 Å². The van der Waals surface area contributed by atoms with Crippen molar-refractivity contribution in [3.63, 3.8) is 0 Å². The first kappa shape index (κ1) is 17.2. The molecule has 0 aliphatic carbocycles. The number of ether oxygens (including phenoxy) is 2. The van der Waals surface area contributed by atoms with Crippen LogP contribution in [0.5, 0.6) is 11.6 Å². The molecule has 6 heteroatoms. The first-order chi connectivity index (χ1) is 12.2. The maximum Gasteiger partial charge on any atom is 0.255 e. The summed E-state index contributed by atoms with van der Waals surface area (Å²) >= 11 is 0. The van der Waals surface area contributed by atoms with Gasteiger partial charge in [0.2, 0.25) is 5.88 Å². The van der Waals surface area contributed by atoms with Gasteiger partial charge in [-0.15, -0.1) is 0 Å². The average Bonchev–Trinajstić information content (AvgIpc) is 2.66. The molecule has 1 atom stereocenters. The van der Waals surface area contributed by atoms with Crippen LogP contribution in [0, 0.1) is 12.8 Å². The van der Waals surface area contributed by atoms with Crippen molar-refractivity contribution in [3.8, 4) is 11.6 Å². The Bertz CT molecular complexity index is 718. The molecule has 2 aromatic rings. The van der Waals surface area contributed by atoms with Crippen LogP contribution >= 0.6 is 0 Å². The van der Waals surface area contributed by atoms with E-state index in [0.717, 1.165) is 30.8 Å². The van der Waals surface area contributed by atoms with Crippen molar-refractivity contribution >= 4 is 5.91 Å². The number of pyridine rings is 2. The van der Waals surface area contributed by atoms with Crippen LogP contribution in [0.25, 0.3) is 0 Å². The number of carbonyl (C=O) groups excluding carboxylic acids is 1. The zero-order valence-electron chi connectivity index (χ0n) is 14.6. The summed E-state index contributed by atoms with van der Waals surface area (Å²) in [6.45, 7) is 4.02. The van der Waals surface area contributed by atoms with Crippen LogP contribution in [0.1, 0.15) is 28.9 Å². The van der Waals surface area contributed by atoms with Gasteiger partial charge in [-0.25, -0.2) is 4.98 Å². The minimum Gasteiger partial charge on any atom is -0.493 e. The van der Waals surface area contributed by atoms with Crippen LogP contribution in [0.15, 0.2) is 36.7 Å². The van der Waals surface area contributed by atoms with Crippen molar-refractivity contribution < 1.29 is 14.3 Å². The highest BCUT2D eigenvalue weighted by Gasteiger charge is 2.25. The van der Waals surface area contributed by atoms with Crippen molar-refractivity contribution in [2.75, 3.05) is 26.8 Å². The Balaban J connectivity index is 1.57. The van der Waals surface area contributed by atoms with E-state index in [1.165, 1.54) is 0 Å². The number of aromatic nitrogens is 2. The molecule has 0 bridgehead atoms. The lowest BCUT2D eigenvalue weighted by Gasteiger charge is -2.32. The summed E-state index contributed by atoms with van der Waals surface area (Å²) in [5.74, 6) is 1.68. The van der Waals surface area contributed by atoms with Crippen LogP contribution in [-0.4, -0.2) is 47.6 Å². The maximum absolute atomic E-state index is 12.7. The topological polar surface area (TPSA) is 64.5 Å². The minimum absolute atomic E-state index is 0.0135. The molecule has 1 saturated heterocycles. The third kappa shape index (κ3) is 4.47. The summed E-state index contributed by atoms with van der Waals surface area (Å²) < 4.78 is 10.9. The Kier molecular flexibility index (Phi) is 5.48. The molecule has 25 heavy (non-hydrogen) atoms. The summed E-state index contributed by atoms with van der Waals surface area (Å²) in [5.41, 5.74) is 1.53. The van der Waals surface area contributed by atoms with Crippen LogP contribution in [0.2, 0.25) is 0 Å². The normalized spacial score (nSPS) is 17.2. The number of aryl methyl sites for hydroxylation is 1. The molecule has 3 rings (SSSR count). The summed E-state index contributed by atoms with van der Waals surface area (Å²) in [7, 11) is 1.56. The van der Waals surface area contributed by atoms with Crippen LogP contribution < -0.4 is 9.47 Å². The van der Waals surface area contributed by atoms with E-state index < -0.39 is 0 Å². The second-order valence-electron chi connectivity index (χ2n) is 6.29. The molecule has 1 amide bonds. The second kappa shape index (κ2) is 7.96. The van der Waals surface area contributed by atoms with Crippen LogP contribution in [-0.2, 0) is 0 Å². The number of carbonyl (C=O) groups is 1. The fraction of sp³-hybridized carbons (Fsp3) is 0.421. The SMILES string of the molecule is COc1ccc(C(=O)N2CCCC(COc3ccnc(C)c3)C2)cn1. The zero-order valence-corrected chi connectivity index (χ0v) is 14.6. The van der Waals surface area contributed by atoms with Crippen molar-refractivity contribution in [1.29, 1.82) is 0 Å². The van der Waals surface area contributed by atoms with E-state index in [9.17, 15) is 4.79 Å². The lowest BCUT2D eigenvalue weighted by molar-refractivity contribution is 0.0633. The number of hydrogen-bond donors (Lipinski definition) is 0. The van der Waals surface area contributed by atoms with E-state index in [2.05, 4.69) is 9.97 Å². The largest absolute Gasteiger partial charge is 0.493 e. The van der Waals surface area contributed by atoms with Gasteiger partial charge in [0.1, 0.15) is 5.75 Å². The van der Waals surface area contributed by atoms with Gasteiger partial charge in [-0.1, -0.05) is 0 Å². The summed E-state index contributed by atoms with van der Waals surface area (Å²) in [6.07, 6.45) is 5.37. The van der Waals surface area contributed by atoms with Gasteiger partial charge in [0.25, 0.3) is 5.91 Å². The Morgan fingerprint density at radius 1 is 1.32 bits per heavy atom. The molecular formula is C19H23N3O3. The lowest BCUT2D eigenvalue weighted by Crippen LogP contribution is -2.41. The van der Waals surface area contributed by atoms with Crippen molar-refractivity contribution in [2.24, 2.45) is 5.92 Å². The maximum atomic E-state index is 12.7.